The minimum atomic E-state index is -1.56. The van der Waals surface area contributed by atoms with Crippen molar-refractivity contribution in [1.82, 2.24) is 30.0 Å². The third-order valence-electron chi connectivity index (χ3n) is 5.86. The molecule has 2 aromatic heterocycles. The molecule has 3 aromatic carbocycles. The van der Waals surface area contributed by atoms with Crippen LogP contribution >= 0.6 is 0 Å². The third kappa shape index (κ3) is 5.11. The molecular weight excluding hydrogens is 458 g/mol. The topological polar surface area (TPSA) is 142 Å². The molecule has 0 amide bonds. The van der Waals surface area contributed by atoms with Crippen molar-refractivity contribution in [3.05, 3.63) is 96.3 Å². The molecule has 0 saturated heterocycles. The van der Waals surface area contributed by atoms with E-state index in [1.165, 1.54) is 0 Å². The second-order valence-electron chi connectivity index (χ2n) is 8.33. The Labute approximate surface area is 207 Å². The Morgan fingerprint density at radius 1 is 0.583 bits per heavy atom. The predicted molar refractivity (Wildman–Crippen MR) is 135 cm³/mol. The maximum Gasteiger partial charge on any atom is 0.488 e. The number of nitrogens with zero attached hydrogens (tertiary/aromatic N) is 6. The van der Waals surface area contributed by atoms with Crippen LogP contribution in [0.15, 0.2) is 85.2 Å². The van der Waals surface area contributed by atoms with Crippen LogP contribution in [0.2, 0.25) is 0 Å². The average molecular weight is 480 g/mol. The van der Waals surface area contributed by atoms with E-state index in [0.29, 0.717) is 35.4 Å². The Kier molecular flexibility index (Phi) is 6.74. The predicted octanol–water partition coefficient (Wildman–Crippen LogP) is -0.340. The first-order chi connectivity index (χ1) is 17.5. The first-order valence-corrected chi connectivity index (χ1v) is 11.3. The van der Waals surface area contributed by atoms with E-state index in [4.69, 9.17) is 0 Å². The molecule has 0 aliphatic carbocycles. The zero-order valence-corrected chi connectivity index (χ0v) is 19.1. The fourth-order valence-electron chi connectivity index (χ4n) is 4.06. The van der Waals surface area contributed by atoms with Gasteiger partial charge in [-0.15, -0.1) is 10.2 Å². The molecule has 0 unspecified atom stereocenters. The van der Waals surface area contributed by atoms with Gasteiger partial charge in [-0.05, 0) is 28.1 Å². The van der Waals surface area contributed by atoms with Crippen molar-refractivity contribution in [2.45, 2.75) is 13.1 Å². The highest BCUT2D eigenvalue weighted by molar-refractivity contribution is 6.59. The second kappa shape index (κ2) is 10.3. The van der Waals surface area contributed by atoms with E-state index >= 15 is 0 Å². The summed E-state index contributed by atoms with van der Waals surface area (Å²) in [6.07, 6.45) is 3.60. The van der Waals surface area contributed by atoms with Crippen LogP contribution in [0.3, 0.4) is 0 Å². The number of aromatic nitrogens is 6. The minimum absolute atomic E-state index is 0.346. The van der Waals surface area contributed by atoms with Gasteiger partial charge in [0.05, 0.1) is 25.5 Å². The summed E-state index contributed by atoms with van der Waals surface area (Å²) in [4.78, 5) is 0. The van der Waals surface area contributed by atoms with Gasteiger partial charge in [-0.1, -0.05) is 77.2 Å². The zero-order valence-electron chi connectivity index (χ0n) is 19.1. The molecule has 0 aliphatic heterocycles. The van der Waals surface area contributed by atoms with Gasteiger partial charge in [-0.25, -0.2) is 9.36 Å². The molecule has 5 rings (SSSR count). The van der Waals surface area contributed by atoms with Gasteiger partial charge < -0.3 is 20.1 Å². The molecule has 2 heterocycles. The van der Waals surface area contributed by atoms with Gasteiger partial charge in [0.25, 0.3) is 0 Å². The van der Waals surface area contributed by atoms with Gasteiger partial charge in [0.2, 0.25) is 0 Å². The molecule has 178 valence electrons. The Hall–Kier alpha value is -4.09. The summed E-state index contributed by atoms with van der Waals surface area (Å²) in [6.45, 7) is 0.692. The lowest BCUT2D eigenvalue weighted by atomic mass is 9.77. The molecule has 0 fully saturated rings. The second-order valence-corrected chi connectivity index (χ2v) is 8.33. The third-order valence-corrected chi connectivity index (χ3v) is 5.86. The van der Waals surface area contributed by atoms with Crippen LogP contribution < -0.4 is 10.9 Å². The SMILES string of the molecule is OB(O)c1ccccc1Cn1cc(-c2cccc(-c3cn(Cc4ccccc4B(O)O)nn3)c2)nn1. The van der Waals surface area contributed by atoms with Gasteiger partial charge in [-0.2, -0.15) is 0 Å². The lowest BCUT2D eigenvalue weighted by Crippen LogP contribution is -2.33. The van der Waals surface area contributed by atoms with Gasteiger partial charge in [0.15, 0.2) is 0 Å². The molecule has 4 N–H and O–H groups in total. The van der Waals surface area contributed by atoms with Gasteiger partial charge in [0.1, 0.15) is 11.4 Å². The van der Waals surface area contributed by atoms with E-state index in [1.54, 1.807) is 46.0 Å². The van der Waals surface area contributed by atoms with Gasteiger partial charge in [-0.3, -0.25) is 0 Å². The quantitative estimate of drug-likeness (QED) is 0.221. The maximum absolute atomic E-state index is 9.60. The first kappa shape index (κ1) is 23.6. The summed E-state index contributed by atoms with van der Waals surface area (Å²) in [6, 6.07) is 21.8. The molecule has 0 aliphatic rings. The highest BCUT2D eigenvalue weighted by Gasteiger charge is 2.17. The zero-order chi connectivity index (χ0) is 25.1. The van der Waals surface area contributed by atoms with E-state index < -0.39 is 14.2 Å². The van der Waals surface area contributed by atoms with Crippen LogP contribution in [0.1, 0.15) is 11.1 Å². The molecular formula is C24H22B2N6O4. The van der Waals surface area contributed by atoms with E-state index in [1.807, 2.05) is 48.5 Å². The average Bonchev–Trinajstić information content (AvgIpc) is 3.55. The molecule has 0 atom stereocenters. The molecule has 5 aromatic rings. The van der Waals surface area contributed by atoms with Crippen LogP contribution in [0, 0.1) is 0 Å². The van der Waals surface area contributed by atoms with Gasteiger partial charge in [0, 0.05) is 11.1 Å². The Morgan fingerprint density at radius 3 is 1.47 bits per heavy atom. The number of benzene rings is 3. The summed E-state index contributed by atoms with van der Waals surface area (Å²) >= 11 is 0. The van der Waals surface area contributed by atoms with E-state index in [9.17, 15) is 20.1 Å². The fraction of sp³-hybridized carbons (Fsp3) is 0.0833. The lowest BCUT2D eigenvalue weighted by molar-refractivity contribution is 0.424. The smallest absolute Gasteiger partial charge is 0.423 e. The van der Waals surface area contributed by atoms with Crippen molar-refractivity contribution in [3.8, 4) is 22.5 Å². The van der Waals surface area contributed by atoms with Crippen molar-refractivity contribution >= 4 is 25.2 Å². The Morgan fingerprint density at radius 2 is 1.03 bits per heavy atom. The van der Waals surface area contributed by atoms with Crippen molar-refractivity contribution in [1.29, 1.82) is 0 Å². The molecule has 0 radical (unpaired) electrons. The number of hydrogen-bond acceptors (Lipinski definition) is 8. The number of rotatable bonds is 8. The highest BCUT2D eigenvalue weighted by Crippen LogP contribution is 2.24. The number of hydrogen-bond donors (Lipinski definition) is 4. The van der Waals surface area contributed by atoms with E-state index in [0.717, 1.165) is 22.3 Å². The lowest BCUT2D eigenvalue weighted by Gasteiger charge is -2.08. The molecule has 36 heavy (non-hydrogen) atoms. The van der Waals surface area contributed by atoms with Crippen molar-refractivity contribution in [2.24, 2.45) is 0 Å². The van der Waals surface area contributed by atoms with Crippen LogP contribution in [-0.2, 0) is 13.1 Å². The summed E-state index contributed by atoms with van der Waals surface area (Å²) in [7, 11) is -3.12. The van der Waals surface area contributed by atoms with Crippen molar-refractivity contribution < 1.29 is 20.1 Å². The molecule has 0 bridgehead atoms. The fourth-order valence-corrected chi connectivity index (χ4v) is 4.06. The molecule has 0 saturated carbocycles. The monoisotopic (exact) mass is 480 g/mol. The van der Waals surface area contributed by atoms with Crippen LogP contribution in [0.5, 0.6) is 0 Å². The van der Waals surface area contributed by atoms with E-state index in [2.05, 4.69) is 20.6 Å². The normalized spacial score (nSPS) is 11.0. The first-order valence-electron chi connectivity index (χ1n) is 11.3. The maximum atomic E-state index is 9.60. The summed E-state index contributed by atoms with van der Waals surface area (Å²) in [5.74, 6) is 0. The molecule has 10 nitrogen and oxygen atoms in total. The van der Waals surface area contributed by atoms with Crippen LogP contribution in [0.4, 0.5) is 0 Å². The van der Waals surface area contributed by atoms with Crippen molar-refractivity contribution in [3.63, 3.8) is 0 Å². The Balaban J connectivity index is 1.35. The van der Waals surface area contributed by atoms with Crippen LogP contribution in [-0.4, -0.2) is 64.3 Å². The molecule has 0 spiro atoms. The van der Waals surface area contributed by atoms with Gasteiger partial charge >= 0.3 is 14.2 Å². The van der Waals surface area contributed by atoms with E-state index in [-0.39, 0.29) is 0 Å². The molecule has 12 heteroatoms. The summed E-state index contributed by atoms with van der Waals surface area (Å²) in [5, 5.41) is 55.4. The van der Waals surface area contributed by atoms with Crippen LogP contribution in [0.25, 0.3) is 22.5 Å². The summed E-state index contributed by atoms with van der Waals surface area (Å²) < 4.78 is 3.29. The minimum Gasteiger partial charge on any atom is -0.423 e. The van der Waals surface area contributed by atoms with Crippen molar-refractivity contribution in [2.75, 3.05) is 0 Å². The standard InChI is InChI=1S/C24H22B2N6O4/c33-25(34)21-10-3-1-6-19(21)13-31-15-23(27-29-31)17-8-5-9-18(12-17)24-16-32(30-28-24)14-20-7-2-4-11-22(20)26(35)36/h1-12,15-16,33-36H,13-14H2. The Bertz CT molecular complexity index is 1380. The summed E-state index contributed by atoms with van der Waals surface area (Å²) in [5.41, 5.74) is 5.35. The highest BCUT2D eigenvalue weighted by atomic mass is 16.4. The largest absolute Gasteiger partial charge is 0.488 e.